The van der Waals surface area contributed by atoms with Crippen LogP contribution in [0.3, 0.4) is 0 Å². The average Bonchev–Trinajstić information content (AvgIpc) is 2.83. The first-order chi connectivity index (χ1) is 9.45. The molecule has 108 valence electrons. The second kappa shape index (κ2) is 6.09. The average molecular weight is 292 g/mol. The number of nitrogens with zero attached hydrogens (tertiary/aromatic N) is 2. The zero-order valence-corrected chi connectivity index (χ0v) is 12.8. The van der Waals surface area contributed by atoms with E-state index in [9.17, 15) is 0 Å². The summed E-state index contributed by atoms with van der Waals surface area (Å²) in [5.41, 5.74) is 6.37. The van der Waals surface area contributed by atoms with Crippen molar-refractivity contribution in [2.45, 2.75) is 26.2 Å². The molecule has 0 atom stereocenters. The molecule has 0 amide bonds. The molecule has 1 heterocycles. The Labute approximate surface area is 123 Å². The Kier molecular flexibility index (Phi) is 4.44. The van der Waals surface area contributed by atoms with Crippen molar-refractivity contribution >= 4 is 22.4 Å². The lowest BCUT2D eigenvalue weighted by molar-refractivity contribution is 0.333. The molecule has 0 bridgehead atoms. The predicted molar refractivity (Wildman–Crippen MR) is 83.4 cm³/mol. The first-order valence-electron chi connectivity index (χ1n) is 6.51. The van der Waals surface area contributed by atoms with Crippen molar-refractivity contribution in [2.24, 2.45) is 0 Å². The van der Waals surface area contributed by atoms with Crippen molar-refractivity contribution in [3.05, 3.63) is 30.1 Å². The van der Waals surface area contributed by atoms with Crippen LogP contribution in [-0.2, 0) is 5.41 Å². The van der Waals surface area contributed by atoms with Gasteiger partial charge in [0.2, 0.25) is 5.13 Å². The molecule has 6 heteroatoms. The Morgan fingerprint density at radius 3 is 2.80 bits per heavy atom. The van der Waals surface area contributed by atoms with Crippen molar-refractivity contribution in [2.75, 3.05) is 24.2 Å². The van der Waals surface area contributed by atoms with Gasteiger partial charge in [-0.15, -0.1) is 0 Å². The number of nitrogens with one attached hydrogen (secondary N) is 1. The number of rotatable bonds is 5. The third-order valence-electron chi connectivity index (χ3n) is 2.60. The highest BCUT2D eigenvalue weighted by Gasteiger charge is 2.19. The molecule has 0 aliphatic carbocycles. The third kappa shape index (κ3) is 4.09. The summed E-state index contributed by atoms with van der Waals surface area (Å²) in [4.78, 5) is 4.46. The van der Waals surface area contributed by atoms with E-state index in [0.29, 0.717) is 18.8 Å². The largest absolute Gasteiger partial charge is 0.492 e. The molecule has 0 saturated carbocycles. The van der Waals surface area contributed by atoms with E-state index in [1.54, 1.807) is 0 Å². The summed E-state index contributed by atoms with van der Waals surface area (Å²) in [6.45, 7) is 7.52. The van der Waals surface area contributed by atoms with Gasteiger partial charge in [-0.1, -0.05) is 26.8 Å². The van der Waals surface area contributed by atoms with Crippen molar-refractivity contribution < 1.29 is 4.74 Å². The number of hydrogen-bond acceptors (Lipinski definition) is 6. The predicted octanol–water partition coefficient (Wildman–Crippen LogP) is 2.91. The highest BCUT2D eigenvalue weighted by Crippen LogP contribution is 2.22. The Morgan fingerprint density at radius 1 is 1.35 bits per heavy atom. The molecule has 1 aromatic carbocycles. The summed E-state index contributed by atoms with van der Waals surface area (Å²) >= 11 is 1.38. The van der Waals surface area contributed by atoms with Crippen molar-refractivity contribution in [1.82, 2.24) is 9.36 Å². The smallest absolute Gasteiger partial charge is 0.202 e. The van der Waals surface area contributed by atoms with Crippen LogP contribution in [0.2, 0.25) is 0 Å². The first kappa shape index (κ1) is 14.6. The summed E-state index contributed by atoms with van der Waals surface area (Å²) in [5, 5.41) is 4.04. The molecule has 0 aliphatic rings. The number of aromatic nitrogens is 2. The van der Waals surface area contributed by atoms with E-state index < -0.39 is 0 Å². The molecule has 0 unspecified atom stereocenters. The van der Waals surface area contributed by atoms with E-state index >= 15 is 0 Å². The van der Waals surface area contributed by atoms with Crippen molar-refractivity contribution in [3.8, 4) is 5.75 Å². The van der Waals surface area contributed by atoms with E-state index in [0.717, 1.165) is 16.7 Å². The molecular formula is C14H20N4OS. The fourth-order valence-electron chi connectivity index (χ4n) is 1.53. The van der Waals surface area contributed by atoms with Crippen LogP contribution in [-0.4, -0.2) is 22.5 Å². The fourth-order valence-corrected chi connectivity index (χ4v) is 2.31. The van der Waals surface area contributed by atoms with Crippen molar-refractivity contribution in [3.63, 3.8) is 0 Å². The van der Waals surface area contributed by atoms with Crippen LogP contribution >= 0.6 is 11.5 Å². The Bertz CT molecular complexity index is 562. The van der Waals surface area contributed by atoms with Gasteiger partial charge in [-0.05, 0) is 12.1 Å². The van der Waals surface area contributed by atoms with Crippen molar-refractivity contribution in [1.29, 1.82) is 0 Å². The second-order valence-electron chi connectivity index (χ2n) is 5.52. The van der Waals surface area contributed by atoms with Gasteiger partial charge in [-0.2, -0.15) is 4.37 Å². The van der Waals surface area contributed by atoms with Gasteiger partial charge in [-0.3, -0.25) is 0 Å². The minimum Gasteiger partial charge on any atom is -0.492 e. The molecule has 20 heavy (non-hydrogen) atoms. The second-order valence-corrected chi connectivity index (χ2v) is 6.27. The molecule has 2 rings (SSSR count). The van der Waals surface area contributed by atoms with Gasteiger partial charge in [0.15, 0.2) is 0 Å². The molecule has 5 nitrogen and oxygen atoms in total. The van der Waals surface area contributed by atoms with Crippen LogP contribution < -0.4 is 15.8 Å². The van der Waals surface area contributed by atoms with E-state index in [4.69, 9.17) is 10.5 Å². The molecule has 0 spiro atoms. The number of nitrogen functional groups attached to an aromatic ring is 1. The van der Waals surface area contributed by atoms with Gasteiger partial charge in [0.25, 0.3) is 0 Å². The van der Waals surface area contributed by atoms with Crippen LogP contribution in [0.5, 0.6) is 5.75 Å². The molecular weight excluding hydrogens is 272 g/mol. The van der Waals surface area contributed by atoms with Crippen LogP contribution in [0, 0.1) is 0 Å². The molecule has 1 aromatic heterocycles. The molecule has 0 aliphatic heterocycles. The van der Waals surface area contributed by atoms with E-state index in [-0.39, 0.29) is 5.41 Å². The van der Waals surface area contributed by atoms with Gasteiger partial charge in [0, 0.05) is 28.7 Å². The number of anilines is 2. The Morgan fingerprint density at radius 2 is 2.15 bits per heavy atom. The number of hydrogen-bond donors (Lipinski definition) is 2. The van der Waals surface area contributed by atoms with Gasteiger partial charge < -0.3 is 15.8 Å². The van der Waals surface area contributed by atoms with E-state index in [2.05, 4.69) is 35.4 Å². The quantitative estimate of drug-likeness (QED) is 0.655. The first-order valence-corrected chi connectivity index (χ1v) is 7.29. The van der Waals surface area contributed by atoms with Crippen LogP contribution in [0.4, 0.5) is 10.8 Å². The number of benzene rings is 1. The third-order valence-corrected chi connectivity index (χ3v) is 3.27. The molecule has 0 fully saturated rings. The lowest BCUT2D eigenvalue weighted by atomic mass is 9.96. The van der Waals surface area contributed by atoms with E-state index in [1.807, 2.05) is 24.3 Å². The highest BCUT2D eigenvalue weighted by molar-refractivity contribution is 7.09. The molecule has 2 aromatic rings. The van der Waals surface area contributed by atoms with Gasteiger partial charge in [-0.25, -0.2) is 4.98 Å². The van der Waals surface area contributed by atoms with Gasteiger partial charge in [0.05, 0.1) is 6.54 Å². The van der Waals surface area contributed by atoms with E-state index in [1.165, 1.54) is 11.5 Å². The maximum absolute atomic E-state index is 5.69. The lowest BCUT2D eigenvalue weighted by Crippen LogP contribution is -2.14. The van der Waals surface area contributed by atoms with Crippen LogP contribution in [0.15, 0.2) is 24.3 Å². The fraction of sp³-hybridized carbons (Fsp3) is 0.429. The van der Waals surface area contributed by atoms with Gasteiger partial charge in [0.1, 0.15) is 18.2 Å². The normalized spacial score (nSPS) is 11.3. The monoisotopic (exact) mass is 292 g/mol. The highest BCUT2D eigenvalue weighted by atomic mass is 32.1. The zero-order chi connectivity index (χ0) is 14.6. The minimum atomic E-state index is -0.0193. The summed E-state index contributed by atoms with van der Waals surface area (Å²) in [5.74, 6) is 1.64. The summed E-state index contributed by atoms with van der Waals surface area (Å²) in [6.07, 6.45) is 0. The number of ether oxygens (including phenoxy) is 1. The van der Waals surface area contributed by atoms with Gasteiger partial charge >= 0.3 is 0 Å². The Balaban J connectivity index is 1.77. The zero-order valence-electron chi connectivity index (χ0n) is 12.0. The topological polar surface area (TPSA) is 73.1 Å². The summed E-state index contributed by atoms with van der Waals surface area (Å²) in [7, 11) is 0. The number of nitrogens with two attached hydrogens (primary N) is 1. The maximum atomic E-state index is 5.69. The lowest BCUT2D eigenvalue weighted by Gasteiger charge is -2.12. The molecule has 3 N–H and O–H groups in total. The minimum absolute atomic E-state index is 0.0193. The summed E-state index contributed by atoms with van der Waals surface area (Å²) in [6, 6.07) is 7.40. The maximum Gasteiger partial charge on any atom is 0.202 e. The molecule has 0 radical (unpaired) electrons. The van der Waals surface area contributed by atoms with Crippen LogP contribution in [0.1, 0.15) is 26.6 Å². The SMILES string of the molecule is CC(C)(C)c1nsc(NCCOc2cccc(N)c2)n1. The Hall–Kier alpha value is -1.82. The summed E-state index contributed by atoms with van der Waals surface area (Å²) < 4.78 is 9.94. The standard InChI is InChI=1S/C14H20N4OS/c1-14(2,3)12-17-13(20-18-12)16-7-8-19-11-6-4-5-10(15)9-11/h4-6,9H,7-8,15H2,1-3H3,(H,16,17,18). The molecule has 0 saturated heterocycles. The van der Waals surface area contributed by atoms with Crippen LogP contribution in [0.25, 0.3) is 0 Å².